The van der Waals surface area contributed by atoms with Gasteiger partial charge in [-0.3, -0.25) is 14.4 Å². The smallest absolute Gasteiger partial charge is 0.425 e. The van der Waals surface area contributed by atoms with Gasteiger partial charge in [-0.25, -0.2) is 4.39 Å². The van der Waals surface area contributed by atoms with Crippen LogP contribution in [0.3, 0.4) is 0 Å². The topological polar surface area (TPSA) is 84.9 Å². The lowest BCUT2D eigenvalue weighted by molar-refractivity contribution is -0.190. The van der Waals surface area contributed by atoms with Crippen LogP contribution in [0.5, 0.6) is 11.5 Å². The fourth-order valence-corrected chi connectivity index (χ4v) is 5.22. The fourth-order valence-electron chi connectivity index (χ4n) is 5.22. The molecule has 0 saturated carbocycles. The minimum Gasteiger partial charge on any atom is -0.493 e. The van der Waals surface area contributed by atoms with Crippen LogP contribution in [0.2, 0.25) is 0 Å². The van der Waals surface area contributed by atoms with Crippen LogP contribution in [-0.4, -0.2) is 55.0 Å². The molecule has 0 unspecified atom stereocenters. The first-order chi connectivity index (χ1) is 18.3. The molecule has 0 radical (unpaired) electrons. The van der Waals surface area contributed by atoms with Gasteiger partial charge in [-0.15, -0.1) is 0 Å². The van der Waals surface area contributed by atoms with E-state index in [9.17, 15) is 31.9 Å². The first-order valence-corrected chi connectivity index (χ1v) is 12.2. The van der Waals surface area contributed by atoms with E-state index in [1.54, 1.807) is 37.4 Å². The van der Waals surface area contributed by atoms with Crippen molar-refractivity contribution in [1.29, 1.82) is 0 Å². The van der Waals surface area contributed by atoms with E-state index in [1.165, 1.54) is 26.4 Å². The highest BCUT2D eigenvalue weighted by Gasteiger charge is 2.71. The molecule has 0 bridgehead atoms. The molecule has 2 aliphatic rings. The number of nitrogens with zero attached hydrogens (tertiary/aromatic N) is 1. The molecule has 1 atom stereocenters. The lowest BCUT2D eigenvalue weighted by Crippen LogP contribution is -2.66. The number of hydrogen-bond donors (Lipinski definition) is 1. The molecule has 0 spiro atoms. The molecule has 11 heteroatoms. The number of alkyl halides is 3. The van der Waals surface area contributed by atoms with Crippen molar-refractivity contribution in [1.82, 2.24) is 10.2 Å². The van der Waals surface area contributed by atoms with Crippen molar-refractivity contribution in [2.24, 2.45) is 5.41 Å². The maximum Gasteiger partial charge on any atom is 0.425 e. The zero-order valence-electron chi connectivity index (χ0n) is 21.9. The molecule has 7 nitrogen and oxygen atoms in total. The van der Waals surface area contributed by atoms with Gasteiger partial charge in [0.05, 0.1) is 25.4 Å². The van der Waals surface area contributed by atoms with Gasteiger partial charge in [-0.1, -0.05) is 32.0 Å². The van der Waals surface area contributed by atoms with Crippen molar-refractivity contribution in [2.75, 3.05) is 20.8 Å². The minimum absolute atomic E-state index is 0.000848. The number of nitrogens with one attached hydrogen (secondary N) is 1. The van der Waals surface area contributed by atoms with Crippen molar-refractivity contribution in [3.05, 3.63) is 70.7 Å². The monoisotopic (exact) mass is 548 g/mol. The average Bonchev–Trinajstić information content (AvgIpc) is 3.09. The Balaban J connectivity index is 1.79. The third-order valence-corrected chi connectivity index (χ3v) is 7.04. The van der Waals surface area contributed by atoms with Crippen LogP contribution in [0, 0.1) is 11.2 Å². The molecule has 1 heterocycles. The Kier molecular flexibility index (Phi) is 7.22. The summed E-state index contributed by atoms with van der Waals surface area (Å²) < 4.78 is 69.6. The zero-order chi connectivity index (χ0) is 28.8. The molecule has 0 aromatic heterocycles. The largest absolute Gasteiger partial charge is 0.493 e. The third kappa shape index (κ3) is 4.86. The lowest BCUT2D eigenvalue weighted by atomic mass is 9.72. The van der Waals surface area contributed by atoms with Crippen LogP contribution < -0.4 is 14.8 Å². The molecule has 39 heavy (non-hydrogen) atoms. The van der Waals surface area contributed by atoms with Gasteiger partial charge < -0.3 is 19.7 Å². The Morgan fingerprint density at radius 3 is 2.31 bits per heavy atom. The van der Waals surface area contributed by atoms with Crippen molar-refractivity contribution in [3.63, 3.8) is 0 Å². The number of carbonyl (C=O) groups excluding carboxylic acids is 3. The van der Waals surface area contributed by atoms with E-state index in [-0.39, 0.29) is 31.5 Å². The second-order valence-electron chi connectivity index (χ2n) is 10.3. The molecular weight excluding hydrogens is 520 g/mol. The van der Waals surface area contributed by atoms with Gasteiger partial charge in [0.15, 0.2) is 17.3 Å². The van der Waals surface area contributed by atoms with Crippen molar-refractivity contribution < 1.29 is 41.4 Å². The van der Waals surface area contributed by atoms with E-state index >= 15 is 0 Å². The summed E-state index contributed by atoms with van der Waals surface area (Å²) in [5.74, 6) is -4.06. The Morgan fingerprint density at radius 2 is 1.69 bits per heavy atom. The average molecular weight is 549 g/mol. The summed E-state index contributed by atoms with van der Waals surface area (Å²) in [6.07, 6.45) is -5.53. The van der Waals surface area contributed by atoms with E-state index in [0.717, 1.165) is 17.0 Å². The van der Waals surface area contributed by atoms with Gasteiger partial charge in [0.2, 0.25) is 5.54 Å². The number of methoxy groups -OCH3 is 2. The molecule has 2 aromatic rings. The number of ketones is 1. The number of carbonyl (C=O) groups is 3. The molecule has 1 N–H and O–H groups in total. The summed E-state index contributed by atoms with van der Waals surface area (Å²) in [5.41, 5.74) is -5.31. The number of Topliss-reactive ketones (excluding diaryl/α,β-unsaturated/α-hetero) is 1. The van der Waals surface area contributed by atoms with E-state index in [0.29, 0.717) is 17.1 Å². The van der Waals surface area contributed by atoms with Crippen molar-refractivity contribution in [3.8, 4) is 11.5 Å². The predicted octanol–water partition coefficient (Wildman–Crippen LogP) is 4.60. The summed E-state index contributed by atoms with van der Waals surface area (Å²) >= 11 is 0. The third-order valence-electron chi connectivity index (χ3n) is 7.04. The van der Waals surface area contributed by atoms with Crippen LogP contribution in [0.25, 0.3) is 0 Å². The predicted molar refractivity (Wildman–Crippen MR) is 133 cm³/mol. The van der Waals surface area contributed by atoms with Gasteiger partial charge >= 0.3 is 6.18 Å². The Hall–Kier alpha value is -3.89. The second kappa shape index (κ2) is 10.0. The number of hydrogen-bond acceptors (Lipinski definition) is 5. The molecule has 1 aliphatic heterocycles. The molecule has 4 rings (SSSR count). The van der Waals surface area contributed by atoms with Crippen LogP contribution in [-0.2, 0) is 16.0 Å². The summed E-state index contributed by atoms with van der Waals surface area (Å²) in [4.78, 5) is 40.9. The van der Waals surface area contributed by atoms with Gasteiger partial charge in [0.25, 0.3) is 11.8 Å². The highest BCUT2D eigenvalue weighted by molar-refractivity contribution is 6.14. The zero-order valence-corrected chi connectivity index (χ0v) is 21.9. The second-order valence-corrected chi connectivity index (χ2v) is 10.3. The molecule has 0 fully saturated rings. The van der Waals surface area contributed by atoms with Crippen molar-refractivity contribution >= 4 is 17.6 Å². The van der Waals surface area contributed by atoms with Gasteiger partial charge in [0.1, 0.15) is 5.82 Å². The van der Waals surface area contributed by atoms with E-state index < -0.39 is 51.7 Å². The first kappa shape index (κ1) is 28.1. The van der Waals surface area contributed by atoms with Gasteiger partial charge in [-0.2, -0.15) is 13.2 Å². The number of halogens is 4. The summed E-state index contributed by atoms with van der Waals surface area (Å²) in [5, 5.41) is 1.75. The number of benzene rings is 2. The van der Waals surface area contributed by atoms with Crippen molar-refractivity contribution in [2.45, 2.75) is 44.8 Å². The van der Waals surface area contributed by atoms with E-state index in [1.807, 2.05) is 0 Å². The summed E-state index contributed by atoms with van der Waals surface area (Å²) in [6, 6.07) is 9.43. The number of amides is 2. The number of rotatable bonds is 7. The minimum atomic E-state index is -5.39. The lowest BCUT2D eigenvalue weighted by Gasteiger charge is -2.35. The Labute approximate surface area is 222 Å². The standard InChI is InChI=1S/C28H28F4N2O5/c1-26(2)14-19-23(20(35)15-26)27(28(30,31)32,33-24(36)17-7-5-6-8-18(17)29)25(37)34(19)12-11-16-9-10-21(38-3)22(13-16)39-4/h5-10,13H,11-12,14-15H2,1-4H3,(H,33,36)/t27-/m0/s1. The fraction of sp³-hybridized carbons (Fsp3) is 0.393. The molecule has 2 aromatic carbocycles. The summed E-state index contributed by atoms with van der Waals surface area (Å²) in [7, 11) is 2.90. The van der Waals surface area contributed by atoms with Crippen LogP contribution in [0.15, 0.2) is 53.7 Å². The number of allylic oxidation sites excluding steroid dienone is 1. The Morgan fingerprint density at radius 1 is 1.03 bits per heavy atom. The quantitative estimate of drug-likeness (QED) is 0.512. The van der Waals surface area contributed by atoms with Crippen LogP contribution in [0.1, 0.15) is 42.6 Å². The number of ether oxygens (including phenoxy) is 2. The SMILES string of the molecule is COc1ccc(CCN2C(=O)[C@](NC(=O)c3ccccc3F)(C(F)(F)F)C3=C2CC(C)(C)CC3=O)cc1OC. The van der Waals surface area contributed by atoms with E-state index in [2.05, 4.69) is 0 Å². The molecular formula is C28H28F4N2O5. The molecule has 208 valence electrons. The maximum absolute atomic E-state index is 14.9. The molecule has 0 saturated heterocycles. The van der Waals surface area contributed by atoms with Gasteiger partial charge in [-0.05, 0) is 48.1 Å². The molecule has 2 amide bonds. The van der Waals surface area contributed by atoms with Gasteiger partial charge in [0, 0.05) is 18.7 Å². The highest BCUT2D eigenvalue weighted by atomic mass is 19.4. The summed E-state index contributed by atoms with van der Waals surface area (Å²) in [6.45, 7) is 3.23. The normalized spacial score (nSPS) is 20.7. The maximum atomic E-state index is 14.9. The van der Waals surface area contributed by atoms with Crippen LogP contribution >= 0.6 is 0 Å². The van der Waals surface area contributed by atoms with E-state index in [4.69, 9.17) is 9.47 Å². The first-order valence-electron chi connectivity index (χ1n) is 12.2. The molecule has 1 aliphatic carbocycles. The van der Waals surface area contributed by atoms with Crippen LogP contribution in [0.4, 0.5) is 17.6 Å². The highest BCUT2D eigenvalue weighted by Crippen LogP contribution is 2.51. The Bertz CT molecular complexity index is 1370.